The minimum absolute atomic E-state index is 0.517. The van der Waals surface area contributed by atoms with Gasteiger partial charge in [0.05, 0.1) is 12.4 Å². The molecule has 7 heteroatoms. The summed E-state index contributed by atoms with van der Waals surface area (Å²) in [6.07, 6.45) is 4.86. The lowest BCUT2D eigenvalue weighted by molar-refractivity contribution is 0.445. The predicted molar refractivity (Wildman–Crippen MR) is 58.8 cm³/mol. The first kappa shape index (κ1) is 9.76. The Bertz CT molecular complexity index is 670. The number of hydrogen-bond acceptors (Lipinski definition) is 5. The van der Waals surface area contributed by atoms with Crippen molar-refractivity contribution in [3.63, 3.8) is 0 Å². The predicted octanol–water partition coefficient (Wildman–Crippen LogP) is 0.959. The van der Waals surface area contributed by atoms with Crippen LogP contribution in [0.4, 0.5) is 0 Å². The molecule has 86 valence electrons. The molecule has 0 aliphatic heterocycles. The van der Waals surface area contributed by atoms with Crippen molar-refractivity contribution >= 4 is 5.78 Å². The molecule has 0 unspecified atom stereocenters. The Hall–Kier alpha value is -2.44. The van der Waals surface area contributed by atoms with Crippen molar-refractivity contribution in [2.75, 3.05) is 0 Å². The molecule has 0 N–H and O–H groups in total. The number of rotatable bonds is 2. The van der Waals surface area contributed by atoms with Crippen molar-refractivity contribution in [2.24, 2.45) is 7.05 Å². The van der Waals surface area contributed by atoms with E-state index in [4.69, 9.17) is 4.74 Å². The number of nitrogens with zero attached hydrogens (tertiary/aromatic N) is 6. The first-order valence-corrected chi connectivity index (χ1v) is 5.06. The van der Waals surface area contributed by atoms with Crippen LogP contribution >= 0.6 is 0 Å². The lowest BCUT2D eigenvalue weighted by Crippen LogP contribution is -1.98. The summed E-state index contributed by atoms with van der Waals surface area (Å²) in [5, 5.41) is 8.09. The molecule has 3 rings (SSSR count). The Morgan fingerprint density at radius 3 is 2.94 bits per heavy atom. The van der Waals surface area contributed by atoms with Crippen molar-refractivity contribution in [1.82, 2.24) is 29.4 Å². The van der Waals surface area contributed by atoms with Gasteiger partial charge in [0.2, 0.25) is 5.88 Å². The molecule has 0 saturated carbocycles. The monoisotopic (exact) mass is 230 g/mol. The zero-order chi connectivity index (χ0) is 11.8. The van der Waals surface area contributed by atoms with E-state index in [1.165, 1.54) is 6.33 Å². The van der Waals surface area contributed by atoms with E-state index in [1.54, 1.807) is 27.7 Å². The number of aromatic nitrogens is 6. The van der Waals surface area contributed by atoms with E-state index in [9.17, 15) is 0 Å². The normalized spacial score (nSPS) is 10.9. The smallest absolute Gasteiger partial charge is 0.255 e. The van der Waals surface area contributed by atoms with Crippen LogP contribution in [0.1, 0.15) is 5.69 Å². The Balaban J connectivity index is 2.07. The Morgan fingerprint density at radius 2 is 2.18 bits per heavy atom. The van der Waals surface area contributed by atoms with Crippen LogP contribution in [-0.2, 0) is 7.05 Å². The second kappa shape index (κ2) is 3.55. The third-order valence-corrected chi connectivity index (χ3v) is 2.25. The molecule has 3 aromatic heterocycles. The van der Waals surface area contributed by atoms with Gasteiger partial charge in [-0.15, -0.1) is 0 Å². The zero-order valence-electron chi connectivity index (χ0n) is 9.40. The Kier molecular flexibility index (Phi) is 2.04. The fourth-order valence-electron chi connectivity index (χ4n) is 1.54. The minimum Gasteiger partial charge on any atom is -0.435 e. The molecule has 3 heterocycles. The summed E-state index contributed by atoms with van der Waals surface area (Å²) < 4.78 is 8.90. The molecule has 0 bridgehead atoms. The molecular weight excluding hydrogens is 220 g/mol. The highest BCUT2D eigenvalue weighted by Crippen LogP contribution is 2.20. The molecule has 0 amide bonds. The number of ether oxygens (including phenoxy) is 1. The SMILES string of the molecule is Cc1cc(Oc2cnn(C)c2)n2ncnc2n1. The van der Waals surface area contributed by atoms with E-state index >= 15 is 0 Å². The molecule has 0 saturated heterocycles. The Labute approximate surface area is 96.7 Å². The quantitative estimate of drug-likeness (QED) is 0.655. The van der Waals surface area contributed by atoms with Gasteiger partial charge in [0, 0.05) is 18.8 Å². The molecule has 0 aromatic carbocycles. The van der Waals surface area contributed by atoms with Gasteiger partial charge in [-0.05, 0) is 6.92 Å². The average Bonchev–Trinajstić information content (AvgIpc) is 2.87. The molecule has 17 heavy (non-hydrogen) atoms. The summed E-state index contributed by atoms with van der Waals surface area (Å²) >= 11 is 0. The molecule has 0 radical (unpaired) electrons. The highest BCUT2D eigenvalue weighted by molar-refractivity contribution is 5.34. The number of hydrogen-bond donors (Lipinski definition) is 0. The van der Waals surface area contributed by atoms with Gasteiger partial charge in [0.25, 0.3) is 5.78 Å². The third-order valence-electron chi connectivity index (χ3n) is 2.25. The van der Waals surface area contributed by atoms with Crippen LogP contribution in [0.5, 0.6) is 11.6 Å². The van der Waals surface area contributed by atoms with Crippen LogP contribution in [0, 0.1) is 6.92 Å². The van der Waals surface area contributed by atoms with Crippen molar-refractivity contribution in [3.8, 4) is 11.6 Å². The summed E-state index contributed by atoms with van der Waals surface area (Å²) in [7, 11) is 1.83. The summed E-state index contributed by atoms with van der Waals surface area (Å²) in [4.78, 5) is 8.26. The van der Waals surface area contributed by atoms with Crippen molar-refractivity contribution in [1.29, 1.82) is 0 Å². The van der Waals surface area contributed by atoms with Gasteiger partial charge in [-0.25, -0.2) is 4.98 Å². The van der Waals surface area contributed by atoms with E-state index in [1.807, 2.05) is 14.0 Å². The van der Waals surface area contributed by atoms with Gasteiger partial charge in [-0.1, -0.05) is 0 Å². The minimum atomic E-state index is 0.517. The third kappa shape index (κ3) is 1.71. The van der Waals surface area contributed by atoms with Crippen LogP contribution < -0.4 is 4.74 Å². The van der Waals surface area contributed by atoms with E-state index in [0.29, 0.717) is 17.4 Å². The average molecular weight is 230 g/mol. The zero-order valence-corrected chi connectivity index (χ0v) is 9.40. The molecule has 0 aliphatic carbocycles. The van der Waals surface area contributed by atoms with Gasteiger partial charge in [-0.3, -0.25) is 4.68 Å². The number of aryl methyl sites for hydroxylation is 2. The van der Waals surface area contributed by atoms with E-state index < -0.39 is 0 Å². The largest absolute Gasteiger partial charge is 0.435 e. The molecule has 0 fully saturated rings. The maximum absolute atomic E-state index is 5.69. The highest BCUT2D eigenvalue weighted by atomic mass is 16.5. The fraction of sp³-hybridized carbons (Fsp3) is 0.200. The number of fused-ring (bicyclic) bond motifs is 1. The molecule has 0 spiro atoms. The first-order valence-electron chi connectivity index (χ1n) is 5.06. The van der Waals surface area contributed by atoms with Gasteiger partial charge in [0.1, 0.15) is 6.33 Å². The standard InChI is InChI=1S/C10H10N6O/c1-7-3-9(16-10(14-7)11-6-13-16)17-8-4-12-15(2)5-8/h3-6H,1-2H3. The summed E-state index contributed by atoms with van der Waals surface area (Å²) in [5.74, 6) is 1.73. The molecule has 0 aliphatic rings. The maximum Gasteiger partial charge on any atom is 0.255 e. The lowest BCUT2D eigenvalue weighted by atomic mass is 10.4. The van der Waals surface area contributed by atoms with E-state index in [2.05, 4.69) is 20.2 Å². The van der Waals surface area contributed by atoms with E-state index in [0.717, 1.165) is 5.69 Å². The van der Waals surface area contributed by atoms with Crippen LogP contribution in [0.2, 0.25) is 0 Å². The van der Waals surface area contributed by atoms with Crippen LogP contribution in [0.3, 0.4) is 0 Å². The van der Waals surface area contributed by atoms with Crippen molar-refractivity contribution < 1.29 is 4.74 Å². The molecule has 7 nitrogen and oxygen atoms in total. The lowest BCUT2D eigenvalue weighted by Gasteiger charge is -2.04. The second-order valence-corrected chi connectivity index (χ2v) is 3.66. The van der Waals surface area contributed by atoms with Crippen LogP contribution in [0.25, 0.3) is 5.78 Å². The Morgan fingerprint density at radius 1 is 1.29 bits per heavy atom. The first-order chi connectivity index (χ1) is 8.22. The second-order valence-electron chi connectivity index (χ2n) is 3.66. The fourth-order valence-corrected chi connectivity index (χ4v) is 1.54. The van der Waals surface area contributed by atoms with Gasteiger partial charge in [-0.2, -0.15) is 19.7 Å². The van der Waals surface area contributed by atoms with Crippen molar-refractivity contribution in [2.45, 2.75) is 6.92 Å². The van der Waals surface area contributed by atoms with Gasteiger partial charge >= 0.3 is 0 Å². The van der Waals surface area contributed by atoms with Crippen molar-refractivity contribution in [3.05, 3.63) is 30.5 Å². The van der Waals surface area contributed by atoms with Gasteiger partial charge in [0.15, 0.2) is 5.75 Å². The summed E-state index contributed by atoms with van der Waals surface area (Å²) in [6, 6.07) is 1.80. The molecule has 3 aromatic rings. The highest BCUT2D eigenvalue weighted by Gasteiger charge is 2.08. The maximum atomic E-state index is 5.69. The van der Waals surface area contributed by atoms with Crippen LogP contribution in [-0.4, -0.2) is 29.4 Å². The van der Waals surface area contributed by atoms with E-state index in [-0.39, 0.29) is 0 Å². The molecule has 0 atom stereocenters. The summed E-state index contributed by atoms with van der Waals surface area (Å²) in [5.41, 5.74) is 0.824. The summed E-state index contributed by atoms with van der Waals surface area (Å²) in [6.45, 7) is 1.88. The molecular formula is C10H10N6O. The topological polar surface area (TPSA) is 70.1 Å². The van der Waals surface area contributed by atoms with Crippen LogP contribution in [0.15, 0.2) is 24.8 Å². The van der Waals surface area contributed by atoms with Gasteiger partial charge < -0.3 is 4.74 Å².